The van der Waals surface area contributed by atoms with Gasteiger partial charge in [0.15, 0.2) is 5.60 Å². The summed E-state index contributed by atoms with van der Waals surface area (Å²) in [6, 6.07) is 2.27. The number of Topliss-reactive ketones (excluding diaryl/α,β-unsaturated/α-hetero) is 1. The van der Waals surface area contributed by atoms with Crippen LogP contribution in [0.2, 0.25) is 0 Å². The van der Waals surface area contributed by atoms with Gasteiger partial charge in [0.1, 0.15) is 29.1 Å². The van der Waals surface area contributed by atoms with Crippen molar-refractivity contribution in [3.8, 4) is 6.07 Å². The van der Waals surface area contributed by atoms with Gasteiger partial charge in [-0.25, -0.2) is 4.98 Å². The summed E-state index contributed by atoms with van der Waals surface area (Å²) in [6.07, 6.45) is -0.0780. The van der Waals surface area contributed by atoms with E-state index in [1.807, 2.05) is 6.92 Å². The number of hydrogen-bond donors (Lipinski definition) is 3. The lowest BCUT2D eigenvalue weighted by atomic mass is 9.73. The van der Waals surface area contributed by atoms with Crippen LogP contribution in [0.1, 0.15) is 77.4 Å². The van der Waals surface area contributed by atoms with E-state index in [-0.39, 0.29) is 24.7 Å². The maximum atomic E-state index is 13.2. The second kappa shape index (κ2) is 11.7. The first kappa shape index (κ1) is 29.4. The molecule has 0 unspecified atom stereocenters. The van der Waals surface area contributed by atoms with Crippen LogP contribution < -0.4 is 0 Å². The quantitative estimate of drug-likeness (QED) is 0.392. The molecule has 9 nitrogen and oxygen atoms in total. The summed E-state index contributed by atoms with van der Waals surface area (Å²) >= 11 is 1.31. The van der Waals surface area contributed by atoms with E-state index in [1.165, 1.54) is 11.3 Å². The van der Waals surface area contributed by atoms with Crippen LogP contribution in [-0.2, 0) is 25.7 Å². The van der Waals surface area contributed by atoms with E-state index in [0.29, 0.717) is 35.5 Å². The van der Waals surface area contributed by atoms with E-state index < -0.39 is 53.7 Å². The predicted molar refractivity (Wildman–Crippen MR) is 137 cm³/mol. The van der Waals surface area contributed by atoms with Gasteiger partial charge < -0.3 is 24.8 Å². The van der Waals surface area contributed by atoms with Crippen LogP contribution in [0.5, 0.6) is 0 Å². The summed E-state index contributed by atoms with van der Waals surface area (Å²) in [7, 11) is 0. The van der Waals surface area contributed by atoms with Crippen LogP contribution >= 0.6 is 11.3 Å². The van der Waals surface area contributed by atoms with Gasteiger partial charge in [0.05, 0.1) is 36.3 Å². The van der Waals surface area contributed by atoms with Crippen molar-refractivity contribution in [2.24, 2.45) is 17.3 Å². The molecule has 0 bridgehead atoms. The number of carbonyl (C=O) groups excluding carboxylic acids is 2. The molecular formula is C27H38N2O7S. The number of aliphatic hydroxyl groups is 3. The Morgan fingerprint density at radius 3 is 2.65 bits per heavy atom. The zero-order valence-corrected chi connectivity index (χ0v) is 23.0. The second-order valence-electron chi connectivity index (χ2n) is 11.0. The van der Waals surface area contributed by atoms with Crippen molar-refractivity contribution in [2.75, 3.05) is 0 Å². The number of thiazole rings is 1. The summed E-state index contributed by atoms with van der Waals surface area (Å²) in [5, 5.41) is 43.2. The molecule has 2 aliphatic heterocycles. The summed E-state index contributed by atoms with van der Waals surface area (Å²) in [4.78, 5) is 30.5. The first-order valence-electron chi connectivity index (χ1n) is 12.8. The SMILES string of the molecule is C/C(=C\c1csc(CO)n1)[C@@H]1C[C@@H]2O[C@@]2(C#N)CCC[C@H](C)[C@H](O)[C@@H](C)C(=O)C(C)(C)[C@@H](O)CC(=O)O1. The molecule has 0 amide bonds. The monoisotopic (exact) mass is 534 g/mol. The van der Waals surface area contributed by atoms with Gasteiger partial charge in [-0.15, -0.1) is 11.3 Å². The molecule has 3 N–H and O–H groups in total. The molecule has 2 aliphatic rings. The van der Waals surface area contributed by atoms with E-state index >= 15 is 0 Å². The van der Waals surface area contributed by atoms with Crippen LogP contribution in [-0.4, -0.2) is 62.1 Å². The number of epoxide rings is 1. The smallest absolute Gasteiger partial charge is 0.309 e. The Morgan fingerprint density at radius 1 is 1.32 bits per heavy atom. The highest BCUT2D eigenvalue weighted by molar-refractivity contribution is 7.09. The van der Waals surface area contributed by atoms with Crippen molar-refractivity contribution in [3.63, 3.8) is 0 Å². The van der Waals surface area contributed by atoms with E-state index in [4.69, 9.17) is 9.47 Å². The Morgan fingerprint density at radius 2 is 2.03 bits per heavy atom. The van der Waals surface area contributed by atoms with Crippen LogP contribution in [0.4, 0.5) is 0 Å². The molecule has 0 aromatic carbocycles. The standard InChI is InChI=1S/C27H38N2O7S/c1-15-7-6-8-27(14-28)21(36-27)10-19(16(2)9-18-13-37-22(12-30)29-18)35-23(32)11-20(31)26(4,5)25(34)17(3)24(15)33/h9,13,15,17,19-21,24,30-31,33H,6-8,10-12H2,1-5H3/b16-9+/t15-,17+,19-,20-,21-,24-,27+/m0/s1. The fraction of sp³-hybridized carbons (Fsp3) is 0.704. The summed E-state index contributed by atoms with van der Waals surface area (Å²) < 4.78 is 11.6. The van der Waals surface area contributed by atoms with Gasteiger partial charge >= 0.3 is 5.97 Å². The fourth-order valence-corrected chi connectivity index (χ4v) is 5.63. The molecule has 7 atom stereocenters. The molecule has 0 spiro atoms. The molecule has 1 aromatic rings. The van der Waals surface area contributed by atoms with Gasteiger partial charge in [0.2, 0.25) is 0 Å². The summed E-state index contributed by atoms with van der Waals surface area (Å²) in [5.41, 5.74) is -0.957. The number of aliphatic hydroxyl groups excluding tert-OH is 3. The van der Waals surface area contributed by atoms with Crippen LogP contribution in [0.15, 0.2) is 11.0 Å². The normalized spacial score (nSPS) is 35.8. The topological polar surface area (TPSA) is 153 Å². The predicted octanol–water partition coefficient (Wildman–Crippen LogP) is 3.17. The summed E-state index contributed by atoms with van der Waals surface area (Å²) in [5.74, 6) is -1.94. The van der Waals surface area contributed by atoms with Crippen molar-refractivity contribution in [3.05, 3.63) is 21.7 Å². The third-order valence-electron chi connectivity index (χ3n) is 7.84. The van der Waals surface area contributed by atoms with Crippen LogP contribution in [0.25, 0.3) is 6.08 Å². The molecule has 0 radical (unpaired) electrons. The van der Waals surface area contributed by atoms with Gasteiger partial charge in [0, 0.05) is 17.7 Å². The first-order chi connectivity index (χ1) is 17.3. The molecule has 1 aromatic heterocycles. The lowest BCUT2D eigenvalue weighted by Crippen LogP contribution is -2.45. The van der Waals surface area contributed by atoms with Crippen molar-refractivity contribution >= 4 is 29.2 Å². The van der Waals surface area contributed by atoms with E-state index in [2.05, 4.69) is 11.1 Å². The Balaban J connectivity index is 1.89. The maximum absolute atomic E-state index is 13.2. The molecule has 0 saturated carbocycles. The number of rotatable bonds is 3. The van der Waals surface area contributed by atoms with Crippen molar-refractivity contribution < 1.29 is 34.4 Å². The number of aromatic nitrogens is 1. The highest BCUT2D eigenvalue weighted by Gasteiger charge is 2.57. The Kier molecular flexibility index (Phi) is 9.30. The van der Waals surface area contributed by atoms with Crippen molar-refractivity contribution in [1.29, 1.82) is 5.26 Å². The molecule has 2 fully saturated rings. The Bertz CT molecular complexity index is 1060. The number of esters is 1. The van der Waals surface area contributed by atoms with Crippen LogP contribution in [0.3, 0.4) is 0 Å². The highest BCUT2D eigenvalue weighted by atomic mass is 32.1. The van der Waals surface area contributed by atoms with Gasteiger partial charge in [-0.2, -0.15) is 5.26 Å². The van der Waals surface area contributed by atoms with Crippen LogP contribution in [0, 0.1) is 28.6 Å². The number of ether oxygens (including phenoxy) is 2. The molecule has 3 heterocycles. The molecule has 3 rings (SSSR count). The maximum Gasteiger partial charge on any atom is 0.309 e. The number of nitrogens with zero attached hydrogens (tertiary/aromatic N) is 2. The Hall–Kier alpha value is -2.16. The first-order valence-corrected chi connectivity index (χ1v) is 13.6. The average Bonchev–Trinajstić information content (AvgIpc) is 3.34. The molecule has 10 heteroatoms. The van der Waals surface area contributed by atoms with Gasteiger partial charge in [-0.05, 0) is 43.8 Å². The lowest BCUT2D eigenvalue weighted by molar-refractivity contribution is -0.154. The minimum absolute atomic E-state index is 0.169. The molecule has 37 heavy (non-hydrogen) atoms. The van der Waals surface area contributed by atoms with E-state index in [1.54, 1.807) is 39.2 Å². The number of nitriles is 1. The van der Waals surface area contributed by atoms with Gasteiger partial charge in [-0.1, -0.05) is 27.7 Å². The number of fused-ring (bicyclic) bond motifs is 1. The Labute approximate surface area is 222 Å². The third-order valence-corrected chi connectivity index (χ3v) is 8.69. The number of hydrogen-bond acceptors (Lipinski definition) is 10. The molecule has 2 saturated heterocycles. The zero-order valence-electron chi connectivity index (χ0n) is 22.1. The molecular weight excluding hydrogens is 496 g/mol. The van der Waals surface area contributed by atoms with Crippen molar-refractivity contribution in [2.45, 2.75) is 103 Å². The molecule has 0 aliphatic carbocycles. The van der Waals surface area contributed by atoms with Gasteiger partial charge in [-0.3, -0.25) is 9.59 Å². The summed E-state index contributed by atoms with van der Waals surface area (Å²) in [6.45, 7) is 8.28. The van der Waals surface area contributed by atoms with E-state index in [9.17, 15) is 30.2 Å². The third kappa shape index (κ3) is 6.65. The van der Waals surface area contributed by atoms with Crippen molar-refractivity contribution in [1.82, 2.24) is 4.98 Å². The van der Waals surface area contributed by atoms with Gasteiger partial charge in [0.25, 0.3) is 0 Å². The fourth-order valence-electron chi connectivity index (χ4n) is 5.02. The number of carbonyl (C=O) groups is 2. The average molecular weight is 535 g/mol. The zero-order chi connectivity index (χ0) is 27.5. The highest BCUT2D eigenvalue weighted by Crippen LogP contribution is 2.45. The number of cyclic esters (lactones) is 1. The largest absolute Gasteiger partial charge is 0.458 e. The number of ketones is 1. The minimum atomic E-state index is -1.31. The molecule has 204 valence electrons. The minimum Gasteiger partial charge on any atom is -0.458 e. The second-order valence-corrected chi connectivity index (χ2v) is 11.9. The van der Waals surface area contributed by atoms with E-state index in [0.717, 1.165) is 0 Å². The lowest BCUT2D eigenvalue weighted by Gasteiger charge is -2.34.